The molecule has 1 aliphatic rings. The second-order valence-corrected chi connectivity index (χ2v) is 8.66. The van der Waals surface area contributed by atoms with Crippen molar-refractivity contribution in [2.75, 3.05) is 41.9 Å². The highest BCUT2D eigenvalue weighted by atomic mass is 32.2. The maximum Gasteiger partial charge on any atom is 0.237 e. The fourth-order valence-electron chi connectivity index (χ4n) is 3.75. The number of rotatable bonds is 8. The van der Waals surface area contributed by atoms with Crippen molar-refractivity contribution in [3.63, 3.8) is 0 Å². The molecule has 0 aliphatic carbocycles. The molecule has 2 aromatic carbocycles. The van der Waals surface area contributed by atoms with Crippen LogP contribution in [0.4, 0.5) is 11.6 Å². The van der Waals surface area contributed by atoms with Crippen LogP contribution in [0.2, 0.25) is 0 Å². The number of ether oxygens (including phenoxy) is 1. The second-order valence-electron chi connectivity index (χ2n) is 7.72. The van der Waals surface area contributed by atoms with Crippen molar-refractivity contribution in [1.29, 1.82) is 0 Å². The number of aromatic nitrogens is 3. The molecule has 1 amide bonds. The van der Waals surface area contributed by atoms with Gasteiger partial charge in [0.25, 0.3) is 0 Å². The minimum atomic E-state index is 0.0445. The molecule has 0 unspecified atom stereocenters. The number of nitrogens with zero attached hydrogens (tertiary/aromatic N) is 5. The number of anilines is 2. The van der Waals surface area contributed by atoms with Gasteiger partial charge in [-0.3, -0.25) is 9.36 Å². The van der Waals surface area contributed by atoms with Crippen molar-refractivity contribution in [2.45, 2.75) is 32.1 Å². The van der Waals surface area contributed by atoms with Gasteiger partial charge >= 0.3 is 0 Å². The lowest BCUT2D eigenvalue weighted by Gasteiger charge is -2.27. The van der Waals surface area contributed by atoms with Crippen LogP contribution in [0.5, 0.6) is 0 Å². The standard InChI is InChI=1S/C24H29N5O2S/c1-3-28-23(27-12-14-31-15-13-27)25-26-24(28)32-18-22(30)29(17-20-9-5-4-6-10-20)21-11-7-8-19(2)16-21/h4-11,16H,3,12-15,17-18H2,1-2H3. The van der Waals surface area contributed by atoms with E-state index in [1.54, 1.807) is 0 Å². The lowest BCUT2D eigenvalue weighted by atomic mass is 10.1. The zero-order valence-electron chi connectivity index (χ0n) is 18.6. The zero-order valence-corrected chi connectivity index (χ0v) is 19.4. The highest BCUT2D eigenvalue weighted by molar-refractivity contribution is 7.99. The van der Waals surface area contributed by atoms with Crippen LogP contribution in [-0.4, -0.2) is 52.7 Å². The van der Waals surface area contributed by atoms with Crippen molar-refractivity contribution in [1.82, 2.24) is 14.8 Å². The van der Waals surface area contributed by atoms with Gasteiger partial charge in [0.15, 0.2) is 5.16 Å². The number of carbonyl (C=O) groups excluding carboxylic acids is 1. The maximum atomic E-state index is 13.4. The van der Waals surface area contributed by atoms with E-state index in [1.165, 1.54) is 11.8 Å². The molecule has 0 spiro atoms. The highest BCUT2D eigenvalue weighted by Gasteiger charge is 2.22. The minimum Gasteiger partial charge on any atom is -0.378 e. The first kappa shape index (κ1) is 22.4. The van der Waals surface area contributed by atoms with E-state index in [1.807, 2.05) is 60.4 Å². The molecule has 4 rings (SSSR count). The summed E-state index contributed by atoms with van der Waals surface area (Å²) >= 11 is 1.44. The van der Waals surface area contributed by atoms with Crippen LogP contribution in [0.3, 0.4) is 0 Å². The Labute approximate surface area is 193 Å². The van der Waals surface area contributed by atoms with E-state index < -0.39 is 0 Å². The molecule has 2 heterocycles. The summed E-state index contributed by atoms with van der Waals surface area (Å²) in [6, 6.07) is 18.2. The summed E-state index contributed by atoms with van der Waals surface area (Å²) in [5.74, 6) is 1.19. The molecule has 0 saturated carbocycles. The van der Waals surface area contributed by atoms with Gasteiger partial charge in [-0.05, 0) is 37.1 Å². The van der Waals surface area contributed by atoms with Gasteiger partial charge in [-0.25, -0.2) is 0 Å². The van der Waals surface area contributed by atoms with E-state index in [0.717, 1.165) is 47.6 Å². The van der Waals surface area contributed by atoms with Gasteiger partial charge in [0, 0.05) is 25.3 Å². The molecule has 0 radical (unpaired) electrons. The second kappa shape index (κ2) is 10.7. The Hall–Kier alpha value is -2.84. The van der Waals surface area contributed by atoms with Crippen LogP contribution in [0.15, 0.2) is 59.8 Å². The summed E-state index contributed by atoms with van der Waals surface area (Å²) in [5.41, 5.74) is 3.13. The normalized spacial score (nSPS) is 13.9. The molecule has 8 heteroatoms. The summed E-state index contributed by atoms with van der Waals surface area (Å²) in [6.07, 6.45) is 0. The number of hydrogen-bond acceptors (Lipinski definition) is 6. The SMILES string of the molecule is CCn1c(SCC(=O)N(Cc2ccccc2)c2cccc(C)c2)nnc1N1CCOCC1. The largest absolute Gasteiger partial charge is 0.378 e. The number of benzene rings is 2. The summed E-state index contributed by atoms with van der Waals surface area (Å²) < 4.78 is 7.53. The Balaban J connectivity index is 1.50. The predicted octanol–water partition coefficient (Wildman–Crippen LogP) is 3.77. The monoisotopic (exact) mass is 451 g/mol. The van der Waals surface area contributed by atoms with Gasteiger partial charge in [-0.2, -0.15) is 0 Å². The van der Waals surface area contributed by atoms with Gasteiger partial charge in [0.1, 0.15) is 0 Å². The van der Waals surface area contributed by atoms with Crippen LogP contribution in [0, 0.1) is 6.92 Å². The quantitative estimate of drug-likeness (QED) is 0.486. The van der Waals surface area contributed by atoms with Gasteiger partial charge in [-0.15, -0.1) is 10.2 Å². The van der Waals surface area contributed by atoms with Crippen molar-refractivity contribution >= 4 is 29.3 Å². The Morgan fingerprint density at radius 3 is 2.59 bits per heavy atom. The number of thioether (sulfide) groups is 1. The number of hydrogen-bond donors (Lipinski definition) is 0. The van der Waals surface area contributed by atoms with Crippen LogP contribution < -0.4 is 9.80 Å². The van der Waals surface area contributed by atoms with Crippen molar-refractivity contribution in [3.05, 3.63) is 65.7 Å². The van der Waals surface area contributed by atoms with Crippen LogP contribution in [0.1, 0.15) is 18.1 Å². The Bertz CT molecular complexity index is 1030. The highest BCUT2D eigenvalue weighted by Crippen LogP contribution is 2.25. The lowest BCUT2D eigenvalue weighted by Crippen LogP contribution is -2.38. The average molecular weight is 452 g/mol. The number of amides is 1. The summed E-state index contributed by atoms with van der Waals surface area (Å²) in [4.78, 5) is 17.4. The molecular weight excluding hydrogens is 422 g/mol. The molecule has 0 N–H and O–H groups in total. The van der Waals surface area contributed by atoms with Crippen LogP contribution in [-0.2, 0) is 22.6 Å². The molecule has 168 valence electrons. The Kier molecular flexibility index (Phi) is 7.44. The van der Waals surface area contributed by atoms with E-state index >= 15 is 0 Å². The summed E-state index contributed by atoms with van der Waals surface area (Å²) in [6.45, 7) is 8.41. The molecular formula is C24H29N5O2S. The van der Waals surface area contributed by atoms with Gasteiger partial charge in [-0.1, -0.05) is 54.2 Å². The average Bonchev–Trinajstić information content (AvgIpc) is 3.25. The van der Waals surface area contributed by atoms with Crippen molar-refractivity contribution in [2.24, 2.45) is 0 Å². The molecule has 3 aromatic rings. The fourth-order valence-corrected chi connectivity index (χ4v) is 4.62. The van der Waals surface area contributed by atoms with E-state index in [0.29, 0.717) is 25.5 Å². The van der Waals surface area contributed by atoms with Crippen LogP contribution in [0.25, 0.3) is 0 Å². The molecule has 0 atom stereocenters. The topological polar surface area (TPSA) is 63.5 Å². The fraction of sp³-hybridized carbons (Fsp3) is 0.375. The van der Waals surface area contributed by atoms with Crippen molar-refractivity contribution in [3.8, 4) is 0 Å². The first-order valence-electron chi connectivity index (χ1n) is 11.0. The number of morpholine rings is 1. The number of carbonyl (C=O) groups is 1. The maximum absolute atomic E-state index is 13.4. The first-order valence-corrected chi connectivity index (χ1v) is 11.9. The lowest BCUT2D eigenvalue weighted by molar-refractivity contribution is -0.116. The summed E-state index contributed by atoms with van der Waals surface area (Å²) in [5, 5.41) is 9.57. The molecule has 1 saturated heterocycles. The van der Waals surface area contributed by atoms with Gasteiger partial charge in [0.2, 0.25) is 11.9 Å². The smallest absolute Gasteiger partial charge is 0.237 e. The first-order chi connectivity index (χ1) is 15.7. The van der Waals surface area contributed by atoms with Crippen molar-refractivity contribution < 1.29 is 9.53 Å². The Morgan fingerprint density at radius 2 is 1.88 bits per heavy atom. The molecule has 1 aliphatic heterocycles. The minimum absolute atomic E-state index is 0.0445. The number of aryl methyl sites for hydroxylation is 1. The molecule has 0 bridgehead atoms. The predicted molar refractivity (Wildman–Crippen MR) is 128 cm³/mol. The van der Waals surface area contributed by atoms with E-state index in [-0.39, 0.29) is 5.91 Å². The summed E-state index contributed by atoms with van der Waals surface area (Å²) in [7, 11) is 0. The molecule has 7 nitrogen and oxygen atoms in total. The van der Waals surface area contributed by atoms with E-state index in [9.17, 15) is 4.79 Å². The third-order valence-corrected chi connectivity index (χ3v) is 6.38. The molecule has 1 fully saturated rings. The zero-order chi connectivity index (χ0) is 22.3. The van der Waals surface area contributed by atoms with E-state index in [4.69, 9.17) is 4.74 Å². The Morgan fingerprint density at radius 1 is 1.09 bits per heavy atom. The van der Waals surface area contributed by atoms with Gasteiger partial charge in [0.05, 0.1) is 25.5 Å². The molecule has 32 heavy (non-hydrogen) atoms. The third-order valence-electron chi connectivity index (χ3n) is 5.43. The molecule has 1 aromatic heterocycles. The van der Waals surface area contributed by atoms with E-state index in [2.05, 4.69) is 32.7 Å². The third kappa shape index (κ3) is 5.31. The van der Waals surface area contributed by atoms with Crippen LogP contribution >= 0.6 is 11.8 Å². The van der Waals surface area contributed by atoms with Gasteiger partial charge < -0.3 is 14.5 Å².